The lowest BCUT2D eigenvalue weighted by atomic mass is 9.89. The maximum absolute atomic E-state index is 11.9. The summed E-state index contributed by atoms with van der Waals surface area (Å²) in [4.78, 5) is 23.2. The average molecular weight is 328 g/mol. The zero-order valence-electron chi connectivity index (χ0n) is 14.1. The van der Waals surface area contributed by atoms with Crippen LogP contribution in [0.1, 0.15) is 33.6 Å². The van der Waals surface area contributed by atoms with E-state index in [9.17, 15) is 19.8 Å². The minimum absolute atomic E-state index is 0.0478. The molecule has 2 rings (SSSR count). The number of carbonyl (C=O) groups is 2. The second-order valence-corrected chi connectivity index (χ2v) is 13.2. The van der Waals surface area contributed by atoms with Gasteiger partial charge in [0.15, 0.2) is 8.32 Å². The summed E-state index contributed by atoms with van der Waals surface area (Å²) in [6, 6.07) is 0. The molecule has 0 spiro atoms. The van der Waals surface area contributed by atoms with Crippen molar-refractivity contribution in [2.75, 3.05) is 6.61 Å². The lowest BCUT2D eigenvalue weighted by Gasteiger charge is -2.37. The Labute approximate surface area is 133 Å². The molecule has 126 valence electrons. The van der Waals surface area contributed by atoms with Gasteiger partial charge in [0, 0.05) is 18.9 Å². The number of ketones is 1. The molecule has 5 atom stereocenters. The van der Waals surface area contributed by atoms with Crippen LogP contribution in [0.5, 0.6) is 0 Å². The first-order chi connectivity index (χ1) is 9.95. The number of rotatable bonds is 4. The maximum Gasteiger partial charge on any atom is 0.314 e. The number of aliphatic carboxylic acids is 1. The third kappa shape index (κ3) is 3.01. The van der Waals surface area contributed by atoms with E-state index in [-0.39, 0.29) is 35.0 Å². The highest BCUT2D eigenvalue weighted by molar-refractivity contribution is 6.74. The van der Waals surface area contributed by atoms with E-state index < -0.39 is 26.3 Å². The number of carboxylic acid groups (broad SMARTS) is 1. The summed E-state index contributed by atoms with van der Waals surface area (Å²) in [5.41, 5.74) is 0. The molecule has 0 saturated heterocycles. The van der Waals surface area contributed by atoms with Crippen LogP contribution in [0.2, 0.25) is 18.1 Å². The van der Waals surface area contributed by atoms with Crippen LogP contribution in [0.4, 0.5) is 0 Å². The molecule has 0 amide bonds. The van der Waals surface area contributed by atoms with Crippen LogP contribution in [0.25, 0.3) is 0 Å². The molecule has 2 saturated carbocycles. The first-order valence-electron chi connectivity index (χ1n) is 8.03. The summed E-state index contributed by atoms with van der Waals surface area (Å²) in [5, 5.41) is 19.6. The predicted molar refractivity (Wildman–Crippen MR) is 85.0 cm³/mol. The van der Waals surface area contributed by atoms with Crippen molar-refractivity contribution >= 4 is 20.1 Å². The van der Waals surface area contributed by atoms with E-state index in [0.29, 0.717) is 13.0 Å². The van der Waals surface area contributed by atoms with E-state index in [1.54, 1.807) is 0 Å². The molecule has 0 aliphatic heterocycles. The molecule has 0 aromatic heterocycles. The quantitative estimate of drug-likeness (QED) is 0.611. The number of hydrogen-bond acceptors (Lipinski definition) is 4. The zero-order chi connectivity index (χ0) is 16.9. The molecule has 22 heavy (non-hydrogen) atoms. The van der Waals surface area contributed by atoms with Crippen LogP contribution in [0.3, 0.4) is 0 Å². The van der Waals surface area contributed by atoms with E-state index in [0.717, 1.165) is 0 Å². The van der Waals surface area contributed by atoms with Crippen LogP contribution >= 0.6 is 0 Å². The molecule has 0 heterocycles. The summed E-state index contributed by atoms with van der Waals surface area (Å²) in [6.45, 7) is 11.2. The highest BCUT2D eigenvalue weighted by Crippen LogP contribution is 2.50. The van der Waals surface area contributed by atoms with E-state index in [4.69, 9.17) is 4.43 Å². The van der Waals surface area contributed by atoms with Crippen LogP contribution < -0.4 is 0 Å². The number of aliphatic hydroxyl groups is 1. The van der Waals surface area contributed by atoms with Crippen molar-refractivity contribution in [3.05, 3.63) is 0 Å². The predicted octanol–water partition coefficient (Wildman–Crippen LogP) is 2.30. The number of Topliss-reactive ketones (excluding diaryl/α,β-unsaturated/α-hetero) is 1. The molecular formula is C16H28O5Si. The van der Waals surface area contributed by atoms with E-state index in [2.05, 4.69) is 33.9 Å². The normalized spacial score (nSPS) is 35.7. The summed E-state index contributed by atoms with van der Waals surface area (Å²) < 4.78 is 6.21. The Morgan fingerprint density at radius 2 is 1.91 bits per heavy atom. The molecule has 0 aromatic carbocycles. The summed E-state index contributed by atoms with van der Waals surface area (Å²) in [6.07, 6.45) is 0.109. The van der Waals surface area contributed by atoms with Gasteiger partial charge >= 0.3 is 5.97 Å². The Bertz CT molecular complexity index is 468. The maximum atomic E-state index is 11.9. The minimum atomic E-state index is -1.91. The van der Waals surface area contributed by atoms with Gasteiger partial charge in [-0.1, -0.05) is 20.8 Å². The summed E-state index contributed by atoms with van der Waals surface area (Å²) >= 11 is 0. The first kappa shape index (κ1) is 17.6. The third-order valence-corrected chi connectivity index (χ3v) is 10.5. The molecule has 6 heteroatoms. The zero-order valence-corrected chi connectivity index (χ0v) is 15.1. The first-order valence-corrected chi connectivity index (χ1v) is 10.9. The molecule has 2 aliphatic rings. The molecule has 0 aromatic rings. The fourth-order valence-corrected chi connectivity index (χ4v) is 4.63. The molecular weight excluding hydrogens is 300 g/mol. The highest BCUT2D eigenvalue weighted by atomic mass is 28.4. The lowest BCUT2D eigenvalue weighted by molar-refractivity contribution is -0.146. The van der Waals surface area contributed by atoms with Gasteiger partial charge in [-0.2, -0.15) is 0 Å². The third-order valence-electron chi connectivity index (χ3n) is 6.03. The van der Waals surface area contributed by atoms with Crippen molar-refractivity contribution in [1.29, 1.82) is 0 Å². The molecule has 1 unspecified atom stereocenters. The summed E-state index contributed by atoms with van der Waals surface area (Å²) in [5.74, 6) is -2.56. The number of hydrogen-bond donors (Lipinski definition) is 2. The molecule has 5 nitrogen and oxygen atoms in total. The molecule has 2 N–H and O–H groups in total. The lowest BCUT2D eigenvalue weighted by Crippen LogP contribution is -2.43. The van der Waals surface area contributed by atoms with E-state index >= 15 is 0 Å². The molecule has 0 bridgehead atoms. The van der Waals surface area contributed by atoms with Gasteiger partial charge in [-0.25, -0.2) is 0 Å². The van der Waals surface area contributed by atoms with Gasteiger partial charge in [0.25, 0.3) is 0 Å². The van der Waals surface area contributed by atoms with Gasteiger partial charge < -0.3 is 14.6 Å². The SMILES string of the molecule is CC(C)(C)[Si](C)(C)OC[C@@H]1[C@H]2CC(=O)C(C(=O)O)[C@H]2C[C@H]1O. The van der Waals surface area contributed by atoms with Crippen molar-refractivity contribution < 1.29 is 24.2 Å². The van der Waals surface area contributed by atoms with Crippen molar-refractivity contribution in [1.82, 2.24) is 0 Å². The van der Waals surface area contributed by atoms with Gasteiger partial charge in [-0.3, -0.25) is 9.59 Å². The van der Waals surface area contributed by atoms with Crippen LogP contribution in [0, 0.1) is 23.7 Å². The van der Waals surface area contributed by atoms with Gasteiger partial charge in [-0.05, 0) is 36.4 Å². The van der Waals surface area contributed by atoms with Crippen molar-refractivity contribution in [3.63, 3.8) is 0 Å². The van der Waals surface area contributed by atoms with Crippen molar-refractivity contribution in [3.8, 4) is 0 Å². The Hall–Kier alpha value is -0.723. The minimum Gasteiger partial charge on any atom is -0.481 e. The van der Waals surface area contributed by atoms with Crippen LogP contribution in [0.15, 0.2) is 0 Å². The largest absolute Gasteiger partial charge is 0.481 e. The second-order valence-electron chi connectivity index (χ2n) is 8.35. The number of carboxylic acids is 1. The second kappa shape index (κ2) is 5.73. The monoisotopic (exact) mass is 328 g/mol. The van der Waals surface area contributed by atoms with Gasteiger partial charge in [0.2, 0.25) is 0 Å². The number of fused-ring (bicyclic) bond motifs is 1. The standard InChI is InChI=1S/C16H28O5Si/c1-16(2,3)22(4,5)21-8-11-9-6-13(18)14(15(19)20)10(9)7-12(11)17/h9-12,14,17H,6-8H2,1-5H3,(H,19,20)/t9-,10-,11+,12+,14?/m0/s1. The van der Waals surface area contributed by atoms with Crippen LogP contribution in [-0.2, 0) is 14.0 Å². The Kier molecular flexibility index (Phi) is 4.59. The molecule has 0 radical (unpaired) electrons. The molecule has 2 aliphatic carbocycles. The van der Waals surface area contributed by atoms with Gasteiger partial charge in [-0.15, -0.1) is 0 Å². The van der Waals surface area contributed by atoms with Gasteiger partial charge in [0.05, 0.1) is 6.10 Å². The van der Waals surface area contributed by atoms with Gasteiger partial charge in [0.1, 0.15) is 11.7 Å². The number of aliphatic hydroxyl groups excluding tert-OH is 1. The van der Waals surface area contributed by atoms with Crippen molar-refractivity contribution in [2.24, 2.45) is 23.7 Å². The number of carbonyl (C=O) groups excluding carboxylic acids is 1. The molecule has 2 fully saturated rings. The average Bonchev–Trinajstić information content (AvgIpc) is 2.78. The Morgan fingerprint density at radius 3 is 2.41 bits per heavy atom. The Balaban J connectivity index is 2.07. The Morgan fingerprint density at radius 1 is 1.32 bits per heavy atom. The van der Waals surface area contributed by atoms with E-state index in [1.807, 2.05) is 0 Å². The highest BCUT2D eigenvalue weighted by Gasteiger charge is 2.55. The van der Waals surface area contributed by atoms with Crippen molar-refractivity contribution in [2.45, 2.75) is 57.8 Å². The van der Waals surface area contributed by atoms with Crippen LogP contribution in [-0.4, -0.2) is 43.0 Å². The summed E-state index contributed by atoms with van der Waals surface area (Å²) in [7, 11) is -1.91. The van der Waals surface area contributed by atoms with E-state index in [1.165, 1.54) is 0 Å². The fraction of sp³-hybridized carbons (Fsp3) is 0.875. The fourth-order valence-electron chi connectivity index (χ4n) is 3.59. The smallest absolute Gasteiger partial charge is 0.314 e. The topological polar surface area (TPSA) is 83.8 Å².